The van der Waals surface area contributed by atoms with Crippen LogP contribution in [0.4, 0.5) is 0 Å². The van der Waals surface area contributed by atoms with Gasteiger partial charge in [-0.1, -0.05) is 0 Å². The van der Waals surface area contributed by atoms with Crippen molar-refractivity contribution in [1.29, 1.82) is 0 Å². The van der Waals surface area contributed by atoms with E-state index in [1.807, 2.05) is 0 Å². The van der Waals surface area contributed by atoms with E-state index in [0.717, 1.165) is 0 Å². The van der Waals surface area contributed by atoms with Gasteiger partial charge in [-0.2, -0.15) is 0 Å². The van der Waals surface area contributed by atoms with Crippen LogP contribution in [0.15, 0.2) is 0 Å². The molecule has 0 amide bonds. The summed E-state index contributed by atoms with van der Waals surface area (Å²) in [7, 11) is 0. The zero-order valence-corrected chi connectivity index (χ0v) is 7.55. The van der Waals surface area contributed by atoms with Crippen LogP contribution in [0.25, 0.3) is 0 Å². The third kappa shape index (κ3) is 30.7. The van der Waals surface area contributed by atoms with Crippen molar-refractivity contribution >= 4 is 0 Å². The molecule has 0 fully saturated rings. The van der Waals surface area contributed by atoms with Crippen LogP contribution in [-0.4, -0.2) is 0 Å². The number of hydrogen-bond acceptors (Lipinski definition) is 0. The van der Waals surface area contributed by atoms with Gasteiger partial charge in [-0.05, 0) is 0 Å². The molecule has 0 aliphatic rings. The molecule has 0 radical (unpaired) electrons. The second-order valence-electron chi connectivity index (χ2n) is 0. The molecule has 0 N–H and O–H groups in total. The quantitative estimate of drug-likeness (QED) is 0.307. The largest absolute Gasteiger partial charge is 3.00 e. The maximum Gasteiger partial charge on any atom is 3.00 e. The first-order valence-corrected chi connectivity index (χ1v) is 0. The first-order chi connectivity index (χ1) is 0. The van der Waals surface area contributed by atoms with E-state index in [4.69, 9.17) is 0 Å². The SMILES string of the molecule is [F-].[F-].[F-].[F-].[K+].[Lu+3]. The summed E-state index contributed by atoms with van der Waals surface area (Å²) in [5, 5.41) is 0. The van der Waals surface area contributed by atoms with Gasteiger partial charge in [0.1, 0.15) is 0 Å². The van der Waals surface area contributed by atoms with E-state index in [0.29, 0.717) is 0 Å². The molecule has 0 spiro atoms. The Hall–Kier alpha value is 2.59. The monoisotopic (exact) mass is 290 g/mol. The number of hydrogen-bond donors (Lipinski definition) is 0. The zero-order valence-electron chi connectivity index (χ0n) is 2.77. The summed E-state index contributed by atoms with van der Waals surface area (Å²) in [5.41, 5.74) is 0. The molecule has 0 aliphatic carbocycles. The smallest absolute Gasteiger partial charge is 1.00 e. The fraction of sp³-hybridized carbons (Fsp3) is 0. The van der Waals surface area contributed by atoms with Crippen LogP contribution < -0.4 is 70.2 Å². The van der Waals surface area contributed by atoms with Gasteiger partial charge in [0.05, 0.1) is 0 Å². The summed E-state index contributed by atoms with van der Waals surface area (Å²) >= 11 is 0. The summed E-state index contributed by atoms with van der Waals surface area (Å²) in [4.78, 5) is 0. The first-order valence-electron chi connectivity index (χ1n) is 0. The van der Waals surface area contributed by atoms with Gasteiger partial charge in [0, 0.05) is 0 Å². The second-order valence-corrected chi connectivity index (χ2v) is 0. The molecule has 0 bridgehead atoms. The van der Waals surface area contributed by atoms with Crippen molar-refractivity contribution in [3.05, 3.63) is 0 Å². The van der Waals surface area contributed by atoms with E-state index in [9.17, 15) is 0 Å². The van der Waals surface area contributed by atoms with Gasteiger partial charge in [-0.3, -0.25) is 0 Å². The predicted octanol–water partition coefficient (Wildman–Crippen LogP) is -15.0. The predicted molar refractivity (Wildman–Crippen MR) is 0 cm³/mol. The van der Waals surface area contributed by atoms with E-state index < -0.39 is 0 Å². The van der Waals surface area contributed by atoms with Crippen LogP contribution in [0.1, 0.15) is 0 Å². The van der Waals surface area contributed by atoms with Crippen molar-refractivity contribution in [2.24, 2.45) is 0 Å². The Bertz CT molecular complexity index is 7.51. The molecule has 0 aromatic carbocycles. The minimum Gasteiger partial charge on any atom is -1.00 e. The van der Waals surface area contributed by atoms with E-state index in [1.54, 1.807) is 0 Å². The molecule has 0 heterocycles. The molecule has 0 rings (SSSR count). The Morgan fingerprint density at radius 1 is 0.500 bits per heavy atom. The minimum atomic E-state index is 0. The average molecular weight is 290 g/mol. The Kier molecular flexibility index (Phi) is 604. The van der Waals surface area contributed by atoms with Crippen LogP contribution in [0.5, 0.6) is 0 Å². The molecule has 0 aromatic rings. The van der Waals surface area contributed by atoms with Crippen molar-refractivity contribution in [3.63, 3.8) is 0 Å². The molecule has 44 valence electrons. The van der Waals surface area contributed by atoms with Crippen molar-refractivity contribution in [1.82, 2.24) is 0 Å². The molecule has 0 aromatic heterocycles. The summed E-state index contributed by atoms with van der Waals surface area (Å²) in [6.45, 7) is 0. The normalized spacial score (nSPS) is 0. The van der Waals surface area contributed by atoms with Gasteiger partial charge < -0.3 is 18.8 Å². The molecular formula is F4KLu. The van der Waals surface area contributed by atoms with Crippen molar-refractivity contribution in [2.75, 3.05) is 0 Å². The molecule has 6 heavy (non-hydrogen) atoms. The van der Waals surface area contributed by atoms with Crippen molar-refractivity contribution in [2.45, 2.75) is 0 Å². The van der Waals surface area contributed by atoms with Gasteiger partial charge in [0.15, 0.2) is 0 Å². The van der Waals surface area contributed by atoms with Gasteiger partial charge in [0.2, 0.25) is 0 Å². The minimum absolute atomic E-state index is 0. The fourth-order valence-corrected chi connectivity index (χ4v) is 0. The van der Waals surface area contributed by atoms with Crippen LogP contribution in [-0.2, 0) is 0 Å². The van der Waals surface area contributed by atoms with Crippen LogP contribution in [0, 0.1) is 36.9 Å². The zero-order chi connectivity index (χ0) is 0. The summed E-state index contributed by atoms with van der Waals surface area (Å²) in [6.07, 6.45) is 0. The molecule has 0 atom stereocenters. The van der Waals surface area contributed by atoms with E-state index in [2.05, 4.69) is 0 Å². The van der Waals surface area contributed by atoms with E-state index in [1.165, 1.54) is 0 Å². The average Bonchev–Trinajstić information content (AvgIpc) is 0. The number of rotatable bonds is 0. The molecule has 6 heteroatoms. The van der Waals surface area contributed by atoms with Crippen LogP contribution in [0.2, 0.25) is 0 Å². The Labute approximate surface area is 105 Å². The van der Waals surface area contributed by atoms with Crippen molar-refractivity contribution < 1.29 is 107 Å². The standard InChI is InChI=1S/4FH.K.Lu/h4*1H;;/q;;;;+1;+3/p-4. The summed E-state index contributed by atoms with van der Waals surface area (Å²) in [6, 6.07) is 0. The molecule has 0 saturated heterocycles. The van der Waals surface area contributed by atoms with E-state index in [-0.39, 0.29) is 107 Å². The van der Waals surface area contributed by atoms with Gasteiger partial charge in [0.25, 0.3) is 0 Å². The third-order valence-electron chi connectivity index (χ3n) is 0. The molecule has 0 saturated carbocycles. The molecule has 0 nitrogen and oxygen atoms in total. The van der Waals surface area contributed by atoms with Gasteiger partial charge >= 0.3 is 88.3 Å². The van der Waals surface area contributed by atoms with Gasteiger partial charge in [-0.25, -0.2) is 0 Å². The second kappa shape index (κ2) is 49.1. The van der Waals surface area contributed by atoms with Crippen LogP contribution >= 0.6 is 0 Å². The Morgan fingerprint density at radius 3 is 0.500 bits per heavy atom. The molecular weight excluding hydrogens is 290 g/mol. The first kappa shape index (κ1) is 73.8. The fourth-order valence-electron chi connectivity index (χ4n) is 0. The topological polar surface area (TPSA) is 0 Å². The van der Waals surface area contributed by atoms with E-state index >= 15 is 0 Å². The maximum atomic E-state index is 0. The van der Waals surface area contributed by atoms with Crippen molar-refractivity contribution in [3.8, 4) is 0 Å². The summed E-state index contributed by atoms with van der Waals surface area (Å²) < 4.78 is 0. The van der Waals surface area contributed by atoms with Gasteiger partial charge in [-0.15, -0.1) is 0 Å². The summed E-state index contributed by atoms with van der Waals surface area (Å²) in [5.74, 6) is 0. The molecule has 0 aliphatic heterocycles. The molecule has 0 unspecified atom stereocenters. The maximum absolute atomic E-state index is 0. The Balaban J connectivity index is 0. The third-order valence-corrected chi connectivity index (χ3v) is 0. The number of halogens is 4. The van der Waals surface area contributed by atoms with Crippen LogP contribution in [0.3, 0.4) is 0 Å². The Morgan fingerprint density at radius 2 is 0.500 bits per heavy atom.